The zero-order valence-corrected chi connectivity index (χ0v) is 9.21. The SMILES string of the molecule is CCN(CC)c1ncc2sccc2n1. The second-order valence-electron chi connectivity index (χ2n) is 3.01. The summed E-state index contributed by atoms with van der Waals surface area (Å²) in [6.07, 6.45) is 1.90. The molecule has 0 fully saturated rings. The minimum Gasteiger partial charge on any atom is -0.341 e. The molecule has 2 rings (SSSR count). The first-order chi connectivity index (χ1) is 6.85. The van der Waals surface area contributed by atoms with Crippen molar-refractivity contribution < 1.29 is 0 Å². The summed E-state index contributed by atoms with van der Waals surface area (Å²) in [5, 5.41) is 2.05. The largest absolute Gasteiger partial charge is 0.341 e. The molecule has 0 aliphatic heterocycles. The van der Waals surface area contributed by atoms with E-state index in [-0.39, 0.29) is 0 Å². The van der Waals surface area contributed by atoms with Crippen LogP contribution in [-0.4, -0.2) is 23.1 Å². The summed E-state index contributed by atoms with van der Waals surface area (Å²) < 4.78 is 1.15. The summed E-state index contributed by atoms with van der Waals surface area (Å²) in [6, 6.07) is 2.04. The molecule has 0 bridgehead atoms. The molecular weight excluding hydrogens is 194 g/mol. The Labute approximate surface area is 87.4 Å². The molecule has 14 heavy (non-hydrogen) atoms. The maximum atomic E-state index is 4.50. The fourth-order valence-corrected chi connectivity index (χ4v) is 2.11. The summed E-state index contributed by atoms with van der Waals surface area (Å²) in [6.45, 7) is 6.13. The zero-order valence-electron chi connectivity index (χ0n) is 8.40. The Hall–Kier alpha value is -1.16. The monoisotopic (exact) mass is 207 g/mol. The van der Waals surface area contributed by atoms with Gasteiger partial charge in [0, 0.05) is 13.1 Å². The van der Waals surface area contributed by atoms with Crippen LogP contribution in [0.15, 0.2) is 17.6 Å². The van der Waals surface area contributed by atoms with Crippen molar-refractivity contribution in [2.75, 3.05) is 18.0 Å². The minimum atomic E-state index is 0.834. The first kappa shape index (κ1) is 9.40. The van der Waals surface area contributed by atoms with E-state index in [1.54, 1.807) is 11.3 Å². The Morgan fingerprint density at radius 2 is 2.14 bits per heavy atom. The van der Waals surface area contributed by atoms with E-state index in [0.717, 1.165) is 29.3 Å². The smallest absolute Gasteiger partial charge is 0.225 e. The number of thiophene rings is 1. The molecule has 0 saturated heterocycles. The first-order valence-electron chi connectivity index (χ1n) is 4.80. The molecule has 3 nitrogen and oxygen atoms in total. The first-order valence-corrected chi connectivity index (χ1v) is 5.68. The van der Waals surface area contributed by atoms with E-state index in [0.29, 0.717) is 0 Å². The maximum Gasteiger partial charge on any atom is 0.225 e. The number of anilines is 1. The molecule has 0 atom stereocenters. The molecule has 0 N–H and O–H groups in total. The summed E-state index contributed by atoms with van der Waals surface area (Å²) in [4.78, 5) is 11.0. The number of nitrogens with zero attached hydrogens (tertiary/aromatic N) is 3. The van der Waals surface area contributed by atoms with Crippen molar-refractivity contribution in [2.45, 2.75) is 13.8 Å². The van der Waals surface area contributed by atoms with Gasteiger partial charge in [-0.25, -0.2) is 9.97 Å². The summed E-state index contributed by atoms with van der Waals surface area (Å²) in [5.41, 5.74) is 1.05. The zero-order chi connectivity index (χ0) is 9.97. The van der Waals surface area contributed by atoms with Crippen molar-refractivity contribution in [2.24, 2.45) is 0 Å². The molecule has 2 heterocycles. The van der Waals surface area contributed by atoms with E-state index >= 15 is 0 Å². The van der Waals surface area contributed by atoms with Gasteiger partial charge in [0.05, 0.1) is 16.4 Å². The van der Waals surface area contributed by atoms with Gasteiger partial charge >= 0.3 is 0 Å². The number of rotatable bonds is 3. The lowest BCUT2D eigenvalue weighted by Gasteiger charge is -2.17. The molecular formula is C10H13N3S. The standard InChI is InChI=1S/C10H13N3S/c1-3-13(4-2)10-11-7-9-8(12-10)5-6-14-9/h5-7H,3-4H2,1-2H3. The van der Waals surface area contributed by atoms with Crippen molar-refractivity contribution in [1.29, 1.82) is 0 Å². The minimum absolute atomic E-state index is 0.834. The molecule has 0 saturated carbocycles. The topological polar surface area (TPSA) is 29.0 Å². The fourth-order valence-electron chi connectivity index (χ4n) is 1.41. The van der Waals surface area contributed by atoms with E-state index in [4.69, 9.17) is 0 Å². The predicted molar refractivity (Wildman–Crippen MR) is 61.0 cm³/mol. The van der Waals surface area contributed by atoms with E-state index in [2.05, 4.69) is 28.7 Å². The second kappa shape index (κ2) is 3.92. The highest BCUT2D eigenvalue weighted by atomic mass is 32.1. The van der Waals surface area contributed by atoms with E-state index < -0.39 is 0 Å². The van der Waals surface area contributed by atoms with Crippen molar-refractivity contribution >= 4 is 27.5 Å². The highest BCUT2D eigenvalue weighted by Gasteiger charge is 2.06. The summed E-state index contributed by atoms with van der Waals surface area (Å²) in [7, 11) is 0. The molecule has 0 aliphatic rings. The van der Waals surface area contributed by atoms with Crippen LogP contribution in [0.5, 0.6) is 0 Å². The number of hydrogen-bond donors (Lipinski definition) is 0. The van der Waals surface area contributed by atoms with Gasteiger partial charge in [-0.15, -0.1) is 11.3 Å². The van der Waals surface area contributed by atoms with Crippen molar-refractivity contribution in [3.05, 3.63) is 17.6 Å². The van der Waals surface area contributed by atoms with Gasteiger partial charge in [0.15, 0.2) is 0 Å². The Bertz CT molecular complexity index is 420. The quantitative estimate of drug-likeness (QED) is 0.774. The van der Waals surface area contributed by atoms with Crippen LogP contribution in [0, 0.1) is 0 Å². The highest BCUT2D eigenvalue weighted by molar-refractivity contribution is 7.17. The van der Waals surface area contributed by atoms with E-state index in [1.807, 2.05) is 17.6 Å². The maximum absolute atomic E-state index is 4.50. The van der Waals surface area contributed by atoms with Crippen molar-refractivity contribution in [3.63, 3.8) is 0 Å². The van der Waals surface area contributed by atoms with E-state index in [1.165, 1.54) is 0 Å². The van der Waals surface area contributed by atoms with Crippen molar-refractivity contribution in [1.82, 2.24) is 9.97 Å². The van der Waals surface area contributed by atoms with Crippen LogP contribution in [0.2, 0.25) is 0 Å². The van der Waals surface area contributed by atoms with Crippen LogP contribution in [0.4, 0.5) is 5.95 Å². The summed E-state index contributed by atoms with van der Waals surface area (Å²) >= 11 is 1.68. The van der Waals surface area contributed by atoms with Gasteiger partial charge in [0.25, 0.3) is 0 Å². The Morgan fingerprint density at radius 1 is 1.36 bits per heavy atom. The van der Waals surface area contributed by atoms with Gasteiger partial charge in [-0.1, -0.05) is 0 Å². The Kier molecular flexibility index (Phi) is 2.63. The van der Waals surface area contributed by atoms with Crippen LogP contribution < -0.4 is 4.90 Å². The molecule has 74 valence electrons. The highest BCUT2D eigenvalue weighted by Crippen LogP contribution is 2.19. The van der Waals surface area contributed by atoms with Gasteiger partial charge in [-0.2, -0.15) is 0 Å². The van der Waals surface area contributed by atoms with Crippen LogP contribution in [0.25, 0.3) is 10.2 Å². The van der Waals surface area contributed by atoms with Gasteiger partial charge in [-0.05, 0) is 25.3 Å². The van der Waals surface area contributed by atoms with Gasteiger partial charge in [0.2, 0.25) is 5.95 Å². The molecule has 4 heteroatoms. The Balaban J connectivity index is 2.42. The van der Waals surface area contributed by atoms with Crippen LogP contribution in [-0.2, 0) is 0 Å². The molecule has 2 aromatic heterocycles. The number of aromatic nitrogens is 2. The third-order valence-corrected chi connectivity index (χ3v) is 3.08. The molecule has 0 unspecified atom stereocenters. The second-order valence-corrected chi connectivity index (χ2v) is 3.96. The van der Waals surface area contributed by atoms with Crippen LogP contribution in [0.3, 0.4) is 0 Å². The molecule has 0 radical (unpaired) electrons. The van der Waals surface area contributed by atoms with Gasteiger partial charge in [-0.3, -0.25) is 0 Å². The molecule has 0 amide bonds. The number of fused-ring (bicyclic) bond motifs is 1. The van der Waals surface area contributed by atoms with Crippen LogP contribution >= 0.6 is 11.3 Å². The summed E-state index contributed by atoms with van der Waals surface area (Å²) in [5.74, 6) is 0.834. The third kappa shape index (κ3) is 1.57. The molecule has 0 aromatic carbocycles. The molecule has 0 spiro atoms. The average molecular weight is 207 g/mol. The fraction of sp³-hybridized carbons (Fsp3) is 0.400. The van der Waals surface area contributed by atoms with E-state index in [9.17, 15) is 0 Å². The average Bonchev–Trinajstić information content (AvgIpc) is 2.66. The lowest BCUT2D eigenvalue weighted by Crippen LogP contribution is -2.23. The number of hydrogen-bond acceptors (Lipinski definition) is 4. The lowest BCUT2D eigenvalue weighted by molar-refractivity contribution is 0.826. The molecule has 0 aliphatic carbocycles. The predicted octanol–water partition coefficient (Wildman–Crippen LogP) is 2.54. The lowest BCUT2D eigenvalue weighted by atomic mass is 10.4. The van der Waals surface area contributed by atoms with Crippen LogP contribution in [0.1, 0.15) is 13.8 Å². The van der Waals surface area contributed by atoms with Gasteiger partial charge in [0.1, 0.15) is 0 Å². The molecule has 2 aromatic rings. The third-order valence-electron chi connectivity index (χ3n) is 2.24. The normalized spacial score (nSPS) is 10.7. The van der Waals surface area contributed by atoms with Crippen molar-refractivity contribution in [3.8, 4) is 0 Å². The Morgan fingerprint density at radius 3 is 2.86 bits per heavy atom. The van der Waals surface area contributed by atoms with Gasteiger partial charge < -0.3 is 4.90 Å².